The van der Waals surface area contributed by atoms with Crippen molar-refractivity contribution in [2.45, 2.75) is 19.8 Å². The molecule has 0 spiro atoms. The van der Waals surface area contributed by atoms with Crippen LogP contribution in [0.5, 0.6) is 11.5 Å². The Labute approximate surface area is 131 Å². The van der Waals surface area contributed by atoms with Crippen LogP contribution in [0.4, 0.5) is 5.69 Å². The van der Waals surface area contributed by atoms with Gasteiger partial charge in [-0.1, -0.05) is 25.1 Å². The molecule has 2 aromatic carbocycles. The number of para-hydroxylation sites is 1. The van der Waals surface area contributed by atoms with E-state index in [1.807, 2.05) is 61.5 Å². The number of rotatable bonds is 8. The first-order valence-corrected chi connectivity index (χ1v) is 7.48. The summed E-state index contributed by atoms with van der Waals surface area (Å²) in [6.07, 6.45) is 1.38. The molecule has 4 nitrogen and oxygen atoms in total. The molecule has 0 aromatic heterocycles. The molecule has 0 atom stereocenters. The van der Waals surface area contributed by atoms with Crippen molar-refractivity contribution < 1.29 is 14.3 Å². The number of carbonyl (C=O) groups is 1. The van der Waals surface area contributed by atoms with Crippen molar-refractivity contribution in [2.24, 2.45) is 0 Å². The van der Waals surface area contributed by atoms with Crippen LogP contribution < -0.4 is 14.8 Å². The zero-order valence-corrected chi connectivity index (χ0v) is 12.7. The van der Waals surface area contributed by atoms with E-state index in [2.05, 4.69) is 5.32 Å². The van der Waals surface area contributed by atoms with E-state index in [-0.39, 0.29) is 5.91 Å². The fraction of sp³-hybridized carbons (Fsp3) is 0.278. The normalized spacial score (nSPS) is 10.0. The SMILES string of the molecule is CCCC(=O)Nc1ccc(OCCOc2ccccc2)cc1. The standard InChI is InChI=1S/C18H21NO3/c1-2-6-18(20)19-15-9-11-17(12-10-15)22-14-13-21-16-7-4-3-5-8-16/h3-5,7-12H,2,6,13-14H2,1H3,(H,19,20). The maximum absolute atomic E-state index is 11.5. The highest BCUT2D eigenvalue weighted by Gasteiger charge is 2.01. The van der Waals surface area contributed by atoms with Crippen LogP contribution >= 0.6 is 0 Å². The molecule has 2 aromatic rings. The third kappa shape index (κ3) is 5.48. The summed E-state index contributed by atoms with van der Waals surface area (Å²) in [5.41, 5.74) is 0.784. The lowest BCUT2D eigenvalue weighted by molar-refractivity contribution is -0.116. The molecule has 0 fully saturated rings. The van der Waals surface area contributed by atoms with E-state index < -0.39 is 0 Å². The quantitative estimate of drug-likeness (QED) is 0.752. The van der Waals surface area contributed by atoms with Crippen molar-refractivity contribution in [3.8, 4) is 11.5 Å². The number of hydrogen-bond acceptors (Lipinski definition) is 3. The minimum Gasteiger partial charge on any atom is -0.490 e. The van der Waals surface area contributed by atoms with Gasteiger partial charge < -0.3 is 14.8 Å². The predicted octanol–water partition coefficient (Wildman–Crippen LogP) is 3.88. The molecule has 4 heteroatoms. The van der Waals surface area contributed by atoms with Gasteiger partial charge in [0.2, 0.25) is 5.91 Å². The molecule has 0 unspecified atom stereocenters. The van der Waals surface area contributed by atoms with Crippen LogP contribution in [0, 0.1) is 0 Å². The average molecular weight is 299 g/mol. The second kappa shape index (κ2) is 8.72. The van der Waals surface area contributed by atoms with Crippen LogP contribution in [0.15, 0.2) is 54.6 Å². The lowest BCUT2D eigenvalue weighted by Gasteiger charge is -2.09. The van der Waals surface area contributed by atoms with Crippen molar-refractivity contribution in [3.05, 3.63) is 54.6 Å². The molecule has 22 heavy (non-hydrogen) atoms. The van der Waals surface area contributed by atoms with Crippen LogP contribution in [0.3, 0.4) is 0 Å². The van der Waals surface area contributed by atoms with Crippen molar-refractivity contribution >= 4 is 11.6 Å². The Morgan fingerprint density at radius 2 is 1.50 bits per heavy atom. The average Bonchev–Trinajstić information content (AvgIpc) is 2.54. The molecule has 0 bridgehead atoms. The molecule has 1 amide bonds. The van der Waals surface area contributed by atoms with Crippen LogP contribution in [0.2, 0.25) is 0 Å². The van der Waals surface area contributed by atoms with Gasteiger partial charge in [0.15, 0.2) is 0 Å². The Balaban J connectivity index is 1.71. The van der Waals surface area contributed by atoms with Gasteiger partial charge in [-0.15, -0.1) is 0 Å². The summed E-state index contributed by atoms with van der Waals surface area (Å²) in [6.45, 7) is 2.93. The minimum absolute atomic E-state index is 0.0347. The van der Waals surface area contributed by atoms with Gasteiger partial charge in [-0.05, 0) is 42.8 Å². The molecule has 2 rings (SSSR count). The number of carbonyl (C=O) groups excluding carboxylic acids is 1. The lowest BCUT2D eigenvalue weighted by atomic mass is 10.2. The lowest BCUT2D eigenvalue weighted by Crippen LogP contribution is -2.11. The number of nitrogens with one attached hydrogen (secondary N) is 1. The third-order valence-electron chi connectivity index (χ3n) is 2.98. The molecule has 116 valence electrons. The summed E-state index contributed by atoms with van der Waals surface area (Å²) < 4.78 is 11.1. The van der Waals surface area contributed by atoms with Gasteiger partial charge in [0.25, 0.3) is 0 Å². The molecule has 0 aliphatic heterocycles. The molecule has 1 N–H and O–H groups in total. The Morgan fingerprint density at radius 1 is 0.909 bits per heavy atom. The summed E-state index contributed by atoms with van der Waals surface area (Å²) in [4.78, 5) is 11.5. The Morgan fingerprint density at radius 3 is 2.09 bits per heavy atom. The van der Waals surface area contributed by atoms with Crippen LogP contribution in [0.25, 0.3) is 0 Å². The van der Waals surface area contributed by atoms with Gasteiger partial charge >= 0.3 is 0 Å². The summed E-state index contributed by atoms with van der Waals surface area (Å²) in [6, 6.07) is 17.0. The van der Waals surface area contributed by atoms with E-state index in [9.17, 15) is 4.79 Å². The maximum atomic E-state index is 11.5. The summed E-state index contributed by atoms with van der Waals surface area (Å²) in [5, 5.41) is 2.84. The van der Waals surface area contributed by atoms with E-state index in [0.717, 1.165) is 23.6 Å². The Bertz CT molecular complexity index is 567. The number of anilines is 1. The number of amides is 1. The van der Waals surface area contributed by atoms with E-state index >= 15 is 0 Å². The highest BCUT2D eigenvalue weighted by atomic mass is 16.5. The van der Waals surface area contributed by atoms with Crippen molar-refractivity contribution in [2.75, 3.05) is 18.5 Å². The van der Waals surface area contributed by atoms with E-state index in [1.54, 1.807) is 0 Å². The smallest absolute Gasteiger partial charge is 0.224 e. The second-order valence-corrected chi connectivity index (χ2v) is 4.83. The summed E-state index contributed by atoms with van der Waals surface area (Å²) in [5.74, 6) is 1.62. The Hall–Kier alpha value is -2.49. The van der Waals surface area contributed by atoms with Crippen molar-refractivity contribution in [1.82, 2.24) is 0 Å². The highest BCUT2D eigenvalue weighted by Crippen LogP contribution is 2.16. The molecule has 0 aliphatic carbocycles. The molecular formula is C18H21NO3. The number of benzene rings is 2. The zero-order chi connectivity index (χ0) is 15.6. The van der Waals surface area contributed by atoms with E-state index in [0.29, 0.717) is 19.6 Å². The van der Waals surface area contributed by atoms with Gasteiger partial charge in [0, 0.05) is 12.1 Å². The molecule has 0 heterocycles. The predicted molar refractivity (Wildman–Crippen MR) is 87.4 cm³/mol. The molecule has 0 saturated carbocycles. The Kier molecular flexibility index (Phi) is 6.30. The monoisotopic (exact) mass is 299 g/mol. The van der Waals surface area contributed by atoms with E-state index in [1.165, 1.54) is 0 Å². The fourth-order valence-corrected chi connectivity index (χ4v) is 1.92. The number of ether oxygens (including phenoxy) is 2. The minimum atomic E-state index is 0.0347. The largest absolute Gasteiger partial charge is 0.490 e. The first-order chi connectivity index (χ1) is 10.8. The highest BCUT2D eigenvalue weighted by molar-refractivity contribution is 5.90. The molecular weight excluding hydrogens is 278 g/mol. The van der Waals surface area contributed by atoms with Gasteiger partial charge in [-0.25, -0.2) is 0 Å². The third-order valence-corrected chi connectivity index (χ3v) is 2.98. The van der Waals surface area contributed by atoms with Crippen molar-refractivity contribution in [1.29, 1.82) is 0 Å². The van der Waals surface area contributed by atoms with Gasteiger partial charge in [-0.3, -0.25) is 4.79 Å². The van der Waals surface area contributed by atoms with Crippen molar-refractivity contribution in [3.63, 3.8) is 0 Å². The topological polar surface area (TPSA) is 47.6 Å². The van der Waals surface area contributed by atoms with Gasteiger partial charge in [-0.2, -0.15) is 0 Å². The first-order valence-electron chi connectivity index (χ1n) is 7.48. The summed E-state index contributed by atoms with van der Waals surface area (Å²) in [7, 11) is 0. The summed E-state index contributed by atoms with van der Waals surface area (Å²) >= 11 is 0. The van der Waals surface area contributed by atoms with E-state index in [4.69, 9.17) is 9.47 Å². The number of hydrogen-bond donors (Lipinski definition) is 1. The van der Waals surface area contributed by atoms with Gasteiger partial charge in [0.05, 0.1) is 0 Å². The van der Waals surface area contributed by atoms with Crippen LogP contribution in [0.1, 0.15) is 19.8 Å². The molecule has 0 radical (unpaired) electrons. The second-order valence-electron chi connectivity index (χ2n) is 4.83. The maximum Gasteiger partial charge on any atom is 0.224 e. The first kappa shape index (κ1) is 15.9. The fourth-order valence-electron chi connectivity index (χ4n) is 1.92. The zero-order valence-electron chi connectivity index (χ0n) is 12.7. The van der Waals surface area contributed by atoms with Crippen LogP contribution in [-0.2, 0) is 4.79 Å². The molecule has 0 saturated heterocycles. The molecule has 0 aliphatic rings. The van der Waals surface area contributed by atoms with Crippen LogP contribution in [-0.4, -0.2) is 19.1 Å². The van der Waals surface area contributed by atoms with Gasteiger partial charge in [0.1, 0.15) is 24.7 Å².